The molecule has 0 aliphatic heterocycles. The zero-order valence-electron chi connectivity index (χ0n) is 12.6. The minimum atomic E-state index is -1.36. The number of carboxylic acids is 2. The van der Waals surface area contributed by atoms with E-state index in [0.29, 0.717) is 0 Å². The lowest BCUT2D eigenvalue weighted by atomic mass is 10.1. The van der Waals surface area contributed by atoms with Gasteiger partial charge in [0, 0.05) is 5.56 Å². The number of H-pyrrole nitrogens is 1. The quantitative estimate of drug-likeness (QED) is 0.614. The predicted molar refractivity (Wildman–Crippen MR) is 82.7 cm³/mol. The molecule has 0 aliphatic rings. The Hall–Kier alpha value is -4.00. The standard InChI is InChI=1S/C15H10N4O6/c1-6-9(5-16)12(20)17-13(21)11(6)19-18-10-4-7(14(22)23)2-3-8(10)15(24)25/h2-4H,1H3,(H,22,23)(H,24,25)(H2,17,20,21). The molecule has 0 amide bonds. The number of carbonyl (C=O) groups is 2. The van der Waals surface area contributed by atoms with Crippen molar-refractivity contribution in [2.45, 2.75) is 6.92 Å². The number of carboxylic acid groups (broad SMARTS) is 2. The van der Waals surface area contributed by atoms with Crippen LogP contribution in [0.5, 0.6) is 5.88 Å². The minimum Gasteiger partial charge on any atom is -0.494 e. The molecule has 10 heteroatoms. The highest BCUT2D eigenvalue weighted by atomic mass is 16.4. The van der Waals surface area contributed by atoms with Gasteiger partial charge < -0.3 is 15.3 Å². The summed E-state index contributed by atoms with van der Waals surface area (Å²) in [6.45, 7) is 1.35. The second kappa shape index (κ2) is 6.63. The van der Waals surface area contributed by atoms with Crippen molar-refractivity contribution in [3.63, 3.8) is 0 Å². The second-order valence-corrected chi connectivity index (χ2v) is 4.81. The number of azo groups is 1. The third kappa shape index (κ3) is 3.35. The van der Waals surface area contributed by atoms with E-state index in [2.05, 4.69) is 10.2 Å². The molecule has 0 radical (unpaired) electrons. The summed E-state index contributed by atoms with van der Waals surface area (Å²) in [7, 11) is 0. The Morgan fingerprint density at radius 3 is 2.44 bits per heavy atom. The van der Waals surface area contributed by atoms with E-state index in [4.69, 9.17) is 15.5 Å². The average molecular weight is 342 g/mol. The fourth-order valence-corrected chi connectivity index (χ4v) is 1.98. The Balaban J connectivity index is 2.63. The fourth-order valence-electron chi connectivity index (χ4n) is 1.98. The Morgan fingerprint density at radius 1 is 1.20 bits per heavy atom. The van der Waals surface area contributed by atoms with Crippen LogP contribution in [0, 0.1) is 18.3 Å². The summed E-state index contributed by atoms with van der Waals surface area (Å²) in [4.78, 5) is 36.1. The molecule has 0 unspecified atom stereocenters. The van der Waals surface area contributed by atoms with Gasteiger partial charge in [0.25, 0.3) is 5.56 Å². The first-order valence-electron chi connectivity index (χ1n) is 6.64. The van der Waals surface area contributed by atoms with Gasteiger partial charge in [0.2, 0.25) is 5.88 Å². The monoisotopic (exact) mass is 342 g/mol. The van der Waals surface area contributed by atoms with Gasteiger partial charge >= 0.3 is 11.9 Å². The van der Waals surface area contributed by atoms with Crippen LogP contribution >= 0.6 is 0 Å². The first-order valence-corrected chi connectivity index (χ1v) is 6.64. The lowest BCUT2D eigenvalue weighted by Gasteiger charge is -2.04. The first kappa shape index (κ1) is 17.4. The zero-order valence-corrected chi connectivity index (χ0v) is 12.6. The van der Waals surface area contributed by atoms with Crippen LogP contribution in [-0.2, 0) is 0 Å². The van der Waals surface area contributed by atoms with E-state index in [1.165, 1.54) is 6.92 Å². The molecule has 10 nitrogen and oxygen atoms in total. The maximum atomic E-state index is 11.9. The summed E-state index contributed by atoms with van der Waals surface area (Å²) in [5.41, 5.74) is -2.15. The van der Waals surface area contributed by atoms with E-state index in [1.807, 2.05) is 4.98 Å². The Kier molecular flexibility index (Phi) is 4.60. The van der Waals surface area contributed by atoms with Crippen LogP contribution in [-0.4, -0.2) is 32.2 Å². The number of aromatic amines is 1. The predicted octanol–water partition coefficient (Wildman–Crippen LogP) is 2.07. The zero-order chi connectivity index (χ0) is 18.7. The molecule has 2 aromatic rings. The number of nitrogens with one attached hydrogen (secondary N) is 1. The largest absolute Gasteiger partial charge is 0.494 e. The number of benzene rings is 1. The highest BCUT2D eigenvalue weighted by molar-refractivity contribution is 5.96. The summed E-state index contributed by atoms with van der Waals surface area (Å²) >= 11 is 0. The van der Waals surface area contributed by atoms with Gasteiger partial charge in [-0.3, -0.25) is 9.78 Å². The van der Waals surface area contributed by atoms with Gasteiger partial charge in [0.15, 0.2) is 5.69 Å². The van der Waals surface area contributed by atoms with Crippen molar-refractivity contribution in [2.75, 3.05) is 0 Å². The molecule has 0 bridgehead atoms. The maximum Gasteiger partial charge on any atom is 0.337 e. The van der Waals surface area contributed by atoms with Gasteiger partial charge in [0.05, 0.1) is 11.1 Å². The third-order valence-electron chi connectivity index (χ3n) is 3.26. The van der Waals surface area contributed by atoms with Gasteiger partial charge in [-0.2, -0.15) is 5.26 Å². The van der Waals surface area contributed by atoms with Gasteiger partial charge in [-0.05, 0) is 25.1 Å². The number of hydrogen-bond donors (Lipinski definition) is 4. The number of nitrogens with zero attached hydrogens (tertiary/aromatic N) is 3. The van der Waals surface area contributed by atoms with Crippen molar-refractivity contribution in [3.05, 3.63) is 50.8 Å². The first-order chi connectivity index (χ1) is 11.8. The van der Waals surface area contributed by atoms with Crippen molar-refractivity contribution < 1.29 is 24.9 Å². The van der Waals surface area contributed by atoms with Gasteiger partial charge in [-0.1, -0.05) is 0 Å². The molecule has 126 valence electrons. The average Bonchev–Trinajstić information content (AvgIpc) is 2.54. The van der Waals surface area contributed by atoms with E-state index in [0.717, 1.165) is 18.2 Å². The van der Waals surface area contributed by atoms with Gasteiger partial charge in [-0.15, -0.1) is 10.2 Å². The minimum absolute atomic E-state index is 0.0405. The molecule has 1 heterocycles. The molecule has 25 heavy (non-hydrogen) atoms. The molecule has 0 saturated heterocycles. The Bertz CT molecular complexity index is 1020. The van der Waals surface area contributed by atoms with E-state index in [1.54, 1.807) is 6.07 Å². The lowest BCUT2D eigenvalue weighted by Crippen LogP contribution is -2.08. The lowest BCUT2D eigenvalue weighted by molar-refractivity contribution is 0.0682. The highest BCUT2D eigenvalue weighted by Gasteiger charge is 2.16. The third-order valence-corrected chi connectivity index (χ3v) is 3.26. The number of pyridine rings is 1. The molecule has 0 spiro atoms. The van der Waals surface area contributed by atoms with Crippen molar-refractivity contribution in [2.24, 2.45) is 10.2 Å². The van der Waals surface area contributed by atoms with Crippen LogP contribution in [0.3, 0.4) is 0 Å². The van der Waals surface area contributed by atoms with Crippen LogP contribution < -0.4 is 5.56 Å². The van der Waals surface area contributed by atoms with E-state index in [9.17, 15) is 19.5 Å². The molecule has 0 fully saturated rings. The molecule has 2 rings (SSSR count). The maximum absolute atomic E-state index is 11.9. The number of hydrogen-bond acceptors (Lipinski definition) is 7. The topological polar surface area (TPSA) is 176 Å². The van der Waals surface area contributed by atoms with Gasteiger partial charge in [0.1, 0.15) is 17.3 Å². The normalized spacial score (nSPS) is 10.6. The smallest absolute Gasteiger partial charge is 0.337 e. The number of aromatic nitrogens is 1. The summed E-state index contributed by atoms with van der Waals surface area (Å²) in [6, 6.07) is 4.82. The molecule has 1 aromatic carbocycles. The molecule has 1 aromatic heterocycles. The second-order valence-electron chi connectivity index (χ2n) is 4.81. The van der Waals surface area contributed by atoms with Crippen LogP contribution in [0.15, 0.2) is 33.2 Å². The molecule has 0 atom stereocenters. The van der Waals surface area contributed by atoms with Crippen LogP contribution in [0.4, 0.5) is 11.4 Å². The summed E-state index contributed by atoms with van der Waals surface area (Å²) in [5, 5.41) is 43.8. The molecule has 0 aliphatic carbocycles. The van der Waals surface area contributed by atoms with Crippen LogP contribution in [0.1, 0.15) is 31.8 Å². The summed E-state index contributed by atoms with van der Waals surface area (Å²) in [6.07, 6.45) is 0. The highest BCUT2D eigenvalue weighted by Crippen LogP contribution is 2.27. The molecular weight excluding hydrogens is 332 g/mol. The number of aromatic hydroxyl groups is 1. The van der Waals surface area contributed by atoms with Crippen molar-refractivity contribution in [3.8, 4) is 11.9 Å². The number of rotatable bonds is 4. The summed E-state index contributed by atoms with van der Waals surface area (Å²) < 4.78 is 0. The van der Waals surface area contributed by atoms with Crippen LogP contribution in [0.25, 0.3) is 0 Å². The molecule has 4 N–H and O–H groups in total. The number of nitriles is 1. The fraction of sp³-hybridized carbons (Fsp3) is 0.0667. The molecule has 0 saturated carbocycles. The SMILES string of the molecule is Cc1c(C#N)c(O)[nH]c(=O)c1N=Nc1cc(C(=O)O)ccc1C(=O)O. The molecular formula is C15H10N4O6. The van der Waals surface area contributed by atoms with Crippen molar-refractivity contribution >= 4 is 23.3 Å². The Labute approximate surface area is 139 Å². The Morgan fingerprint density at radius 2 is 1.88 bits per heavy atom. The van der Waals surface area contributed by atoms with Crippen molar-refractivity contribution in [1.29, 1.82) is 5.26 Å². The number of aromatic carboxylic acids is 2. The van der Waals surface area contributed by atoms with Crippen LogP contribution in [0.2, 0.25) is 0 Å². The van der Waals surface area contributed by atoms with Crippen molar-refractivity contribution in [1.82, 2.24) is 4.98 Å². The van der Waals surface area contributed by atoms with E-state index in [-0.39, 0.29) is 33.6 Å². The van der Waals surface area contributed by atoms with Gasteiger partial charge in [-0.25, -0.2) is 9.59 Å². The summed E-state index contributed by atoms with van der Waals surface area (Å²) in [5.74, 6) is -3.28. The van der Waals surface area contributed by atoms with E-state index >= 15 is 0 Å². The van der Waals surface area contributed by atoms with E-state index < -0.39 is 23.4 Å².